The fraction of sp³-hybridized carbons (Fsp3) is 0.538. The monoisotopic (exact) mass is 332 g/mol. The summed E-state index contributed by atoms with van der Waals surface area (Å²) in [6.07, 6.45) is 4.93. The second-order valence-electron chi connectivity index (χ2n) is 4.87. The van der Waals surface area contributed by atoms with Crippen molar-refractivity contribution in [2.45, 2.75) is 43.2 Å². The van der Waals surface area contributed by atoms with Crippen molar-refractivity contribution < 1.29 is 17.9 Å². The lowest BCUT2D eigenvalue weighted by Gasteiger charge is -2.22. The van der Waals surface area contributed by atoms with Crippen LogP contribution in [-0.4, -0.2) is 32.0 Å². The zero-order valence-electron chi connectivity index (χ0n) is 11.4. The Morgan fingerprint density at radius 2 is 2.24 bits per heavy atom. The first kappa shape index (κ1) is 16.2. The SMILES string of the molecule is O=C(CC[C@@H]1CCCCO1)NS(=O)(=O)c1ccc(Cl)cn1. The molecular weight excluding hydrogens is 316 g/mol. The van der Waals surface area contributed by atoms with Crippen LogP contribution < -0.4 is 4.72 Å². The van der Waals surface area contributed by atoms with Crippen LogP contribution in [0.25, 0.3) is 0 Å². The van der Waals surface area contributed by atoms with Crippen LogP contribution in [0.5, 0.6) is 0 Å². The van der Waals surface area contributed by atoms with Gasteiger partial charge in [0.15, 0.2) is 5.03 Å². The Balaban J connectivity index is 1.87. The van der Waals surface area contributed by atoms with Crippen molar-refractivity contribution in [3.63, 3.8) is 0 Å². The van der Waals surface area contributed by atoms with Gasteiger partial charge in [-0.1, -0.05) is 11.6 Å². The number of halogens is 1. The van der Waals surface area contributed by atoms with Gasteiger partial charge < -0.3 is 4.74 Å². The highest BCUT2D eigenvalue weighted by atomic mass is 35.5. The fourth-order valence-electron chi connectivity index (χ4n) is 2.10. The number of nitrogens with one attached hydrogen (secondary N) is 1. The molecule has 0 aromatic carbocycles. The molecule has 1 aromatic rings. The Hall–Kier alpha value is -1.18. The molecule has 0 spiro atoms. The van der Waals surface area contributed by atoms with Gasteiger partial charge in [0.05, 0.1) is 11.1 Å². The molecule has 1 aromatic heterocycles. The number of pyridine rings is 1. The molecule has 0 radical (unpaired) electrons. The van der Waals surface area contributed by atoms with Crippen molar-refractivity contribution in [1.29, 1.82) is 0 Å². The summed E-state index contributed by atoms with van der Waals surface area (Å²) in [4.78, 5) is 15.4. The molecule has 6 nitrogen and oxygen atoms in total. The zero-order valence-corrected chi connectivity index (χ0v) is 13.0. The molecule has 1 saturated heterocycles. The Morgan fingerprint density at radius 1 is 1.43 bits per heavy atom. The van der Waals surface area contributed by atoms with E-state index in [9.17, 15) is 13.2 Å². The molecule has 1 atom stereocenters. The third-order valence-electron chi connectivity index (χ3n) is 3.19. The Bertz CT molecular complexity index is 583. The predicted octanol–water partition coefficient (Wildman–Crippen LogP) is 1.89. The average Bonchev–Trinajstić information content (AvgIpc) is 2.46. The first-order valence-electron chi connectivity index (χ1n) is 6.76. The summed E-state index contributed by atoms with van der Waals surface area (Å²) in [7, 11) is -3.94. The molecule has 2 rings (SSSR count). The zero-order chi connectivity index (χ0) is 15.3. The van der Waals surface area contributed by atoms with Crippen molar-refractivity contribution in [2.24, 2.45) is 0 Å². The molecule has 0 bridgehead atoms. The number of carbonyl (C=O) groups excluding carboxylic acids is 1. The fourth-order valence-corrected chi connectivity index (χ4v) is 3.16. The van der Waals surface area contributed by atoms with Gasteiger partial charge >= 0.3 is 0 Å². The summed E-state index contributed by atoms with van der Waals surface area (Å²) in [5.41, 5.74) is 0. The van der Waals surface area contributed by atoms with Crippen LogP contribution in [0.1, 0.15) is 32.1 Å². The number of amides is 1. The molecular formula is C13H17ClN2O4S. The summed E-state index contributed by atoms with van der Waals surface area (Å²) in [6, 6.07) is 2.66. The minimum absolute atomic E-state index is 0.0425. The number of rotatable bonds is 5. The molecule has 1 N–H and O–H groups in total. The number of carbonyl (C=O) groups is 1. The summed E-state index contributed by atoms with van der Waals surface area (Å²) >= 11 is 5.64. The topological polar surface area (TPSA) is 85.4 Å². The van der Waals surface area contributed by atoms with E-state index < -0.39 is 15.9 Å². The van der Waals surface area contributed by atoms with E-state index in [1.54, 1.807) is 0 Å². The lowest BCUT2D eigenvalue weighted by Crippen LogP contribution is -2.32. The molecule has 0 saturated carbocycles. The smallest absolute Gasteiger partial charge is 0.281 e. The van der Waals surface area contributed by atoms with Gasteiger partial charge in [0.2, 0.25) is 5.91 Å². The van der Waals surface area contributed by atoms with Crippen molar-refractivity contribution in [2.75, 3.05) is 6.61 Å². The van der Waals surface area contributed by atoms with E-state index in [0.29, 0.717) is 18.1 Å². The summed E-state index contributed by atoms with van der Waals surface area (Å²) in [6.45, 7) is 0.708. The highest BCUT2D eigenvalue weighted by Crippen LogP contribution is 2.17. The van der Waals surface area contributed by atoms with Gasteiger partial charge in [-0.05, 0) is 37.8 Å². The molecule has 2 heterocycles. The second kappa shape index (κ2) is 7.20. The number of aromatic nitrogens is 1. The Labute approximate surface area is 128 Å². The largest absolute Gasteiger partial charge is 0.378 e. The van der Waals surface area contributed by atoms with Gasteiger partial charge in [0.25, 0.3) is 10.0 Å². The molecule has 1 aliphatic heterocycles. The number of nitrogens with zero attached hydrogens (tertiary/aromatic N) is 1. The highest BCUT2D eigenvalue weighted by molar-refractivity contribution is 7.90. The summed E-state index contributed by atoms with van der Waals surface area (Å²) in [5.74, 6) is -0.555. The third-order valence-corrected chi connectivity index (χ3v) is 4.70. The quantitative estimate of drug-likeness (QED) is 0.890. The van der Waals surface area contributed by atoms with Crippen LogP contribution >= 0.6 is 11.6 Å². The third kappa shape index (κ3) is 4.94. The van der Waals surface area contributed by atoms with Crippen LogP contribution in [0.3, 0.4) is 0 Å². The number of sulfonamides is 1. The van der Waals surface area contributed by atoms with Crippen molar-refractivity contribution in [3.05, 3.63) is 23.4 Å². The molecule has 116 valence electrons. The standard InChI is InChI=1S/C13H17ClN2O4S/c14-10-4-7-13(15-9-10)21(18,19)16-12(17)6-5-11-3-1-2-8-20-11/h4,7,9,11H,1-3,5-6,8H2,(H,16,17)/t11-/m0/s1. The van der Waals surface area contributed by atoms with Crippen LogP contribution in [0, 0.1) is 0 Å². The van der Waals surface area contributed by atoms with Crippen molar-refractivity contribution in [3.8, 4) is 0 Å². The van der Waals surface area contributed by atoms with E-state index in [-0.39, 0.29) is 17.6 Å². The summed E-state index contributed by atoms with van der Waals surface area (Å²) in [5, 5.41) is 0.101. The van der Waals surface area contributed by atoms with E-state index in [2.05, 4.69) is 4.98 Å². The van der Waals surface area contributed by atoms with Crippen LogP contribution in [0.2, 0.25) is 5.02 Å². The van der Waals surface area contributed by atoms with Crippen molar-refractivity contribution >= 4 is 27.5 Å². The van der Waals surface area contributed by atoms with Crippen LogP contribution in [0.15, 0.2) is 23.4 Å². The van der Waals surface area contributed by atoms with Crippen molar-refractivity contribution in [1.82, 2.24) is 9.71 Å². The van der Waals surface area contributed by atoms with Gasteiger partial charge in [0, 0.05) is 19.2 Å². The first-order chi connectivity index (χ1) is 9.97. The van der Waals surface area contributed by atoms with Gasteiger partial charge in [-0.3, -0.25) is 4.79 Å². The normalized spacial score (nSPS) is 19.2. The lowest BCUT2D eigenvalue weighted by atomic mass is 10.0. The minimum atomic E-state index is -3.94. The Morgan fingerprint density at radius 3 is 2.86 bits per heavy atom. The highest BCUT2D eigenvalue weighted by Gasteiger charge is 2.21. The maximum absolute atomic E-state index is 11.9. The minimum Gasteiger partial charge on any atom is -0.378 e. The van der Waals surface area contributed by atoms with Gasteiger partial charge in [0.1, 0.15) is 0 Å². The average molecular weight is 333 g/mol. The first-order valence-corrected chi connectivity index (χ1v) is 8.62. The van der Waals surface area contributed by atoms with Crippen LogP contribution in [0.4, 0.5) is 0 Å². The van der Waals surface area contributed by atoms with E-state index in [1.165, 1.54) is 18.3 Å². The van der Waals surface area contributed by atoms with Crippen LogP contribution in [-0.2, 0) is 19.6 Å². The number of hydrogen-bond acceptors (Lipinski definition) is 5. The van der Waals surface area contributed by atoms with E-state index in [1.807, 2.05) is 4.72 Å². The lowest BCUT2D eigenvalue weighted by molar-refractivity contribution is -0.120. The van der Waals surface area contributed by atoms with E-state index >= 15 is 0 Å². The van der Waals surface area contributed by atoms with Gasteiger partial charge in [-0.25, -0.2) is 9.71 Å². The molecule has 0 aliphatic carbocycles. The Kier molecular flexibility index (Phi) is 5.55. The summed E-state index contributed by atoms with van der Waals surface area (Å²) < 4.78 is 31.4. The van der Waals surface area contributed by atoms with Gasteiger partial charge in [-0.2, -0.15) is 8.42 Å². The van der Waals surface area contributed by atoms with E-state index in [4.69, 9.17) is 16.3 Å². The number of ether oxygens (including phenoxy) is 1. The van der Waals surface area contributed by atoms with Gasteiger partial charge in [-0.15, -0.1) is 0 Å². The number of hydrogen-bond donors (Lipinski definition) is 1. The molecule has 1 fully saturated rings. The van der Waals surface area contributed by atoms with E-state index in [0.717, 1.165) is 19.3 Å². The molecule has 1 aliphatic rings. The molecule has 8 heteroatoms. The molecule has 1 amide bonds. The maximum Gasteiger partial charge on any atom is 0.281 e. The predicted molar refractivity (Wildman–Crippen MR) is 77.4 cm³/mol. The molecule has 0 unspecified atom stereocenters. The molecule has 21 heavy (non-hydrogen) atoms. The maximum atomic E-state index is 11.9. The second-order valence-corrected chi connectivity index (χ2v) is 6.94.